The fraction of sp³-hybridized carbons (Fsp3) is 0.333. The fourth-order valence-corrected chi connectivity index (χ4v) is 3.66. The molecule has 0 saturated carbocycles. The Morgan fingerprint density at radius 1 is 1.00 bits per heavy atom. The summed E-state index contributed by atoms with van der Waals surface area (Å²) >= 11 is 0. The van der Waals surface area contributed by atoms with Gasteiger partial charge in [-0.2, -0.15) is 0 Å². The Balaban J connectivity index is 1.33. The number of aryl methyl sites for hydroxylation is 3. The quantitative estimate of drug-likeness (QED) is 0.689. The molecule has 1 aromatic heterocycles. The molecule has 0 spiro atoms. The maximum Gasteiger partial charge on any atom is 0.321 e. The zero-order valence-electron chi connectivity index (χ0n) is 17.8. The Labute approximate surface area is 177 Å². The summed E-state index contributed by atoms with van der Waals surface area (Å²) in [5.41, 5.74) is 5.15. The standard InChI is InChI=1S/C24H28N4O2/c1-17-8-10-20(11-9-17)25-24(29)28-14-12-27(13-15-28)16-22-19(3)30-23(26-22)21-7-5-4-6-18(21)2/h4-11H,12-16H2,1-3H3,(H,25,29). The molecule has 3 aromatic rings. The van der Waals surface area contributed by atoms with Crippen LogP contribution in [0.3, 0.4) is 0 Å². The number of nitrogens with one attached hydrogen (secondary N) is 1. The van der Waals surface area contributed by atoms with E-state index < -0.39 is 0 Å². The van der Waals surface area contributed by atoms with Crippen LogP contribution in [0.4, 0.5) is 10.5 Å². The predicted molar refractivity (Wildman–Crippen MR) is 118 cm³/mol. The van der Waals surface area contributed by atoms with Gasteiger partial charge in [-0.3, -0.25) is 4.90 Å². The highest BCUT2D eigenvalue weighted by Gasteiger charge is 2.23. The molecule has 1 N–H and O–H groups in total. The van der Waals surface area contributed by atoms with Crippen LogP contribution in [0.15, 0.2) is 52.9 Å². The van der Waals surface area contributed by atoms with E-state index in [0.29, 0.717) is 19.0 Å². The van der Waals surface area contributed by atoms with Crippen molar-refractivity contribution in [3.05, 3.63) is 71.1 Å². The minimum atomic E-state index is -0.0436. The van der Waals surface area contributed by atoms with Crippen molar-refractivity contribution in [3.63, 3.8) is 0 Å². The third-order valence-corrected chi connectivity index (χ3v) is 5.60. The second kappa shape index (κ2) is 8.71. The Morgan fingerprint density at radius 3 is 2.40 bits per heavy atom. The van der Waals surface area contributed by atoms with Crippen molar-refractivity contribution in [2.45, 2.75) is 27.3 Å². The molecule has 1 aliphatic rings. The van der Waals surface area contributed by atoms with E-state index in [0.717, 1.165) is 47.9 Å². The number of amides is 2. The number of piperazine rings is 1. The predicted octanol–water partition coefficient (Wildman–Crippen LogP) is 4.62. The second-order valence-corrected chi connectivity index (χ2v) is 7.90. The van der Waals surface area contributed by atoms with Crippen molar-refractivity contribution in [2.24, 2.45) is 0 Å². The minimum absolute atomic E-state index is 0.0436. The van der Waals surface area contributed by atoms with E-state index in [-0.39, 0.29) is 6.03 Å². The van der Waals surface area contributed by atoms with Gasteiger partial charge in [0, 0.05) is 44.0 Å². The number of aromatic nitrogens is 1. The van der Waals surface area contributed by atoms with Crippen LogP contribution >= 0.6 is 0 Å². The van der Waals surface area contributed by atoms with Gasteiger partial charge in [-0.15, -0.1) is 0 Å². The van der Waals surface area contributed by atoms with Crippen LogP contribution in [0.2, 0.25) is 0 Å². The number of rotatable bonds is 4. The molecule has 0 unspecified atom stereocenters. The minimum Gasteiger partial charge on any atom is -0.441 e. The smallest absolute Gasteiger partial charge is 0.321 e. The number of carbonyl (C=O) groups excluding carboxylic acids is 1. The number of urea groups is 1. The largest absolute Gasteiger partial charge is 0.441 e. The number of carbonyl (C=O) groups is 1. The maximum atomic E-state index is 12.5. The van der Waals surface area contributed by atoms with Gasteiger partial charge in [0.25, 0.3) is 0 Å². The van der Waals surface area contributed by atoms with Gasteiger partial charge in [-0.25, -0.2) is 9.78 Å². The summed E-state index contributed by atoms with van der Waals surface area (Å²) in [5.74, 6) is 1.53. The second-order valence-electron chi connectivity index (χ2n) is 7.90. The molecule has 1 aliphatic heterocycles. The first-order chi connectivity index (χ1) is 14.5. The monoisotopic (exact) mass is 404 g/mol. The summed E-state index contributed by atoms with van der Waals surface area (Å²) in [6.45, 7) is 9.81. The highest BCUT2D eigenvalue weighted by atomic mass is 16.4. The first kappa shape index (κ1) is 20.2. The molecule has 0 radical (unpaired) electrons. The SMILES string of the molecule is Cc1ccc(NC(=O)N2CCN(Cc3nc(-c4ccccc4C)oc3C)CC2)cc1. The molecule has 30 heavy (non-hydrogen) atoms. The Morgan fingerprint density at radius 2 is 1.70 bits per heavy atom. The molecule has 2 heterocycles. The van der Waals surface area contributed by atoms with Crippen LogP contribution in [-0.2, 0) is 6.54 Å². The van der Waals surface area contributed by atoms with Crippen molar-refractivity contribution >= 4 is 11.7 Å². The van der Waals surface area contributed by atoms with Crippen LogP contribution in [-0.4, -0.2) is 47.0 Å². The number of hydrogen-bond donors (Lipinski definition) is 1. The molecule has 1 fully saturated rings. The van der Waals surface area contributed by atoms with Crippen molar-refractivity contribution in [1.29, 1.82) is 0 Å². The molecule has 156 valence electrons. The summed E-state index contributed by atoms with van der Waals surface area (Å²) in [4.78, 5) is 21.5. The average Bonchev–Trinajstić information content (AvgIpc) is 3.10. The van der Waals surface area contributed by atoms with Crippen LogP contribution in [0.5, 0.6) is 0 Å². The fourth-order valence-electron chi connectivity index (χ4n) is 3.66. The van der Waals surface area contributed by atoms with Gasteiger partial charge in [0.15, 0.2) is 0 Å². The Bertz CT molecular complexity index is 1020. The molecule has 0 bridgehead atoms. The molecular formula is C24H28N4O2. The molecule has 1 saturated heterocycles. The first-order valence-electron chi connectivity index (χ1n) is 10.4. The van der Waals surface area contributed by atoms with Gasteiger partial charge >= 0.3 is 6.03 Å². The topological polar surface area (TPSA) is 61.6 Å². The van der Waals surface area contributed by atoms with E-state index in [1.165, 1.54) is 5.56 Å². The Hall–Kier alpha value is -3.12. The molecule has 2 aromatic carbocycles. The van der Waals surface area contributed by atoms with E-state index in [2.05, 4.69) is 23.2 Å². The number of hydrogen-bond acceptors (Lipinski definition) is 4. The summed E-state index contributed by atoms with van der Waals surface area (Å²) in [6, 6.07) is 15.9. The summed E-state index contributed by atoms with van der Waals surface area (Å²) < 4.78 is 5.94. The normalized spacial score (nSPS) is 14.7. The maximum absolute atomic E-state index is 12.5. The van der Waals surface area contributed by atoms with Gasteiger partial charge in [0.1, 0.15) is 5.76 Å². The zero-order valence-corrected chi connectivity index (χ0v) is 17.8. The molecule has 6 nitrogen and oxygen atoms in total. The van der Waals surface area contributed by atoms with E-state index in [1.807, 2.05) is 61.2 Å². The lowest BCUT2D eigenvalue weighted by molar-refractivity contribution is 0.141. The molecule has 4 rings (SSSR count). The van der Waals surface area contributed by atoms with Gasteiger partial charge in [-0.1, -0.05) is 35.9 Å². The summed E-state index contributed by atoms with van der Waals surface area (Å²) in [7, 11) is 0. The van der Waals surface area contributed by atoms with Crippen LogP contribution in [0.25, 0.3) is 11.5 Å². The zero-order chi connectivity index (χ0) is 21.1. The van der Waals surface area contributed by atoms with Crippen molar-refractivity contribution in [1.82, 2.24) is 14.8 Å². The van der Waals surface area contributed by atoms with Crippen molar-refractivity contribution < 1.29 is 9.21 Å². The van der Waals surface area contributed by atoms with Gasteiger partial charge in [0.2, 0.25) is 5.89 Å². The lowest BCUT2D eigenvalue weighted by Gasteiger charge is -2.34. The highest BCUT2D eigenvalue weighted by Crippen LogP contribution is 2.25. The molecule has 0 atom stereocenters. The highest BCUT2D eigenvalue weighted by molar-refractivity contribution is 5.89. The summed E-state index contributed by atoms with van der Waals surface area (Å²) in [6.07, 6.45) is 0. The third-order valence-electron chi connectivity index (χ3n) is 5.60. The van der Waals surface area contributed by atoms with Crippen molar-refractivity contribution in [3.8, 4) is 11.5 Å². The molecule has 2 amide bonds. The van der Waals surface area contributed by atoms with Crippen LogP contribution < -0.4 is 5.32 Å². The van der Waals surface area contributed by atoms with E-state index >= 15 is 0 Å². The molecular weight excluding hydrogens is 376 g/mol. The lowest BCUT2D eigenvalue weighted by atomic mass is 10.1. The summed E-state index contributed by atoms with van der Waals surface area (Å²) in [5, 5.41) is 2.98. The number of benzene rings is 2. The van der Waals surface area contributed by atoms with Crippen molar-refractivity contribution in [2.75, 3.05) is 31.5 Å². The first-order valence-corrected chi connectivity index (χ1v) is 10.4. The van der Waals surface area contributed by atoms with E-state index in [9.17, 15) is 4.79 Å². The van der Waals surface area contributed by atoms with E-state index in [1.54, 1.807) is 0 Å². The number of oxazole rings is 1. The lowest BCUT2D eigenvalue weighted by Crippen LogP contribution is -2.49. The van der Waals surface area contributed by atoms with Gasteiger partial charge in [-0.05, 0) is 44.5 Å². The number of anilines is 1. The van der Waals surface area contributed by atoms with Crippen LogP contribution in [0.1, 0.15) is 22.6 Å². The molecule has 6 heteroatoms. The van der Waals surface area contributed by atoms with Gasteiger partial charge in [0.05, 0.1) is 5.69 Å². The third kappa shape index (κ3) is 4.54. The Kier molecular flexibility index (Phi) is 5.86. The van der Waals surface area contributed by atoms with E-state index in [4.69, 9.17) is 9.40 Å². The average molecular weight is 405 g/mol. The van der Waals surface area contributed by atoms with Crippen LogP contribution in [0, 0.1) is 20.8 Å². The molecule has 0 aliphatic carbocycles. The number of nitrogens with zero attached hydrogens (tertiary/aromatic N) is 3. The van der Waals surface area contributed by atoms with Gasteiger partial charge < -0.3 is 14.6 Å².